The van der Waals surface area contributed by atoms with Crippen molar-refractivity contribution in [3.05, 3.63) is 28.8 Å². The first-order valence-electron chi connectivity index (χ1n) is 6.03. The van der Waals surface area contributed by atoms with Crippen LogP contribution in [0.15, 0.2) is 12.1 Å². The Bertz CT molecular complexity index is 388. The average Bonchev–Trinajstić information content (AvgIpc) is 2.20. The number of benzene rings is 1. The fraction of sp³-hybridized carbons (Fsp3) is 0.500. The molecule has 94 valence electrons. The lowest BCUT2D eigenvalue weighted by Crippen LogP contribution is -2.31. The van der Waals surface area contributed by atoms with Crippen LogP contribution < -0.4 is 10.6 Å². The van der Waals surface area contributed by atoms with Gasteiger partial charge in [0.25, 0.3) is 0 Å². The molecule has 0 aliphatic heterocycles. The van der Waals surface area contributed by atoms with Gasteiger partial charge < -0.3 is 10.6 Å². The van der Waals surface area contributed by atoms with E-state index in [1.165, 1.54) is 16.7 Å². The number of aryl methyl sites for hydroxylation is 3. The van der Waals surface area contributed by atoms with Crippen molar-refractivity contribution in [2.24, 2.45) is 5.92 Å². The molecule has 0 heterocycles. The highest BCUT2D eigenvalue weighted by molar-refractivity contribution is 7.80. The first-order chi connectivity index (χ1) is 7.90. The second-order valence-corrected chi connectivity index (χ2v) is 5.41. The van der Waals surface area contributed by atoms with Crippen LogP contribution in [0.5, 0.6) is 0 Å². The summed E-state index contributed by atoms with van der Waals surface area (Å²) in [6.45, 7) is 11.5. The third kappa shape index (κ3) is 4.35. The van der Waals surface area contributed by atoms with E-state index in [-0.39, 0.29) is 0 Å². The zero-order chi connectivity index (χ0) is 13.0. The smallest absolute Gasteiger partial charge is 0.170 e. The summed E-state index contributed by atoms with van der Waals surface area (Å²) < 4.78 is 0. The van der Waals surface area contributed by atoms with Gasteiger partial charge in [-0.15, -0.1) is 0 Å². The lowest BCUT2D eigenvalue weighted by Gasteiger charge is -2.16. The van der Waals surface area contributed by atoms with Crippen LogP contribution in [0.2, 0.25) is 0 Å². The Balaban J connectivity index is 2.72. The molecule has 1 aromatic rings. The number of nitrogens with one attached hydrogen (secondary N) is 2. The van der Waals surface area contributed by atoms with Gasteiger partial charge in [-0.05, 0) is 50.0 Å². The van der Waals surface area contributed by atoms with E-state index in [0.29, 0.717) is 11.0 Å². The molecular weight excluding hydrogens is 228 g/mol. The van der Waals surface area contributed by atoms with Crippen LogP contribution in [0.4, 0.5) is 5.69 Å². The van der Waals surface area contributed by atoms with Gasteiger partial charge in [0, 0.05) is 12.2 Å². The maximum atomic E-state index is 5.28. The van der Waals surface area contributed by atoms with Crippen LogP contribution in [-0.2, 0) is 0 Å². The molecule has 0 aliphatic rings. The Morgan fingerprint density at radius 2 is 1.71 bits per heavy atom. The van der Waals surface area contributed by atoms with Crippen LogP contribution in [0.3, 0.4) is 0 Å². The minimum atomic E-state index is 0.593. The summed E-state index contributed by atoms with van der Waals surface area (Å²) in [6, 6.07) is 4.33. The fourth-order valence-electron chi connectivity index (χ4n) is 1.83. The largest absolute Gasteiger partial charge is 0.362 e. The maximum absolute atomic E-state index is 5.28. The second-order valence-electron chi connectivity index (χ2n) is 5.00. The normalized spacial score (nSPS) is 10.5. The summed E-state index contributed by atoms with van der Waals surface area (Å²) >= 11 is 5.28. The Hall–Kier alpha value is -1.09. The van der Waals surface area contributed by atoms with Gasteiger partial charge in [-0.3, -0.25) is 0 Å². The average molecular weight is 250 g/mol. The summed E-state index contributed by atoms with van der Waals surface area (Å²) in [5.41, 5.74) is 4.87. The molecule has 1 aromatic carbocycles. The van der Waals surface area contributed by atoms with Crippen molar-refractivity contribution >= 4 is 23.0 Å². The Morgan fingerprint density at radius 3 is 2.18 bits per heavy atom. The Morgan fingerprint density at radius 1 is 1.18 bits per heavy atom. The number of thiocarbonyl (C=S) groups is 1. The molecule has 0 fully saturated rings. The summed E-state index contributed by atoms with van der Waals surface area (Å²) in [5.74, 6) is 0.593. The van der Waals surface area contributed by atoms with Gasteiger partial charge in [-0.25, -0.2) is 0 Å². The van der Waals surface area contributed by atoms with E-state index >= 15 is 0 Å². The molecule has 2 nitrogen and oxygen atoms in total. The van der Waals surface area contributed by atoms with E-state index < -0.39 is 0 Å². The van der Waals surface area contributed by atoms with Crippen molar-refractivity contribution < 1.29 is 0 Å². The molecule has 0 radical (unpaired) electrons. The Labute approximate surface area is 110 Å². The number of hydrogen-bond donors (Lipinski definition) is 2. The zero-order valence-electron chi connectivity index (χ0n) is 11.3. The number of rotatable bonds is 3. The quantitative estimate of drug-likeness (QED) is 0.802. The third-order valence-corrected chi connectivity index (χ3v) is 2.83. The van der Waals surface area contributed by atoms with E-state index in [2.05, 4.69) is 57.4 Å². The first-order valence-corrected chi connectivity index (χ1v) is 6.43. The molecule has 0 aromatic heterocycles. The summed E-state index contributed by atoms with van der Waals surface area (Å²) in [5, 5.41) is 7.20. The van der Waals surface area contributed by atoms with Crippen molar-refractivity contribution in [3.63, 3.8) is 0 Å². The predicted octanol–water partition coefficient (Wildman–Crippen LogP) is 3.55. The van der Waals surface area contributed by atoms with E-state index in [1.807, 2.05) is 0 Å². The van der Waals surface area contributed by atoms with Gasteiger partial charge >= 0.3 is 0 Å². The lowest BCUT2D eigenvalue weighted by molar-refractivity contribution is 0.627. The molecule has 0 atom stereocenters. The van der Waals surface area contributed by atoms with Crippen LogP contribution in [0.25, 0.3) is 0 Å². The minimum Gasteiger partial charge on any atom is -0.362 e. The van der Waals surface area contributed by atoms with E-state index in [9.17, 15) is 0 Å². The first kappa shape index (κ1) is 14.0. The topological polar surface area (TPSA) is 24.1 Å². The highest BCUT2D eigenvalue weighted by atomic mass is 32.1. The van der Waals surface area contributed by atoms with Crippen molar-refractivity contribution in [1.82, 2.24) is 5.32 Å². The van der Waals surface area contributed by atoms with E-state index in [1.54, 1.807) is 0 Å². The van der Waals surface area contributed by atoms with Crippen LogP contribution in [0, 0.1) is 26.7 Å². The molecule has 0 saturated carbocycles. The number of anilines is 1. The van der Waals surface area contributed by atoms with Gasteiger partial charge in [-0.2, -0.15) is 0 Å². The van der Waals surface area contributed by atoms with Gasteiger partial charge in [0.05, 0.1) is 0 Å². The fourth-order valence-corrected chi connectivity index (χ4v) is 2.02. The molecule has 2 N–H and O–H groups in total. The summed E-state index contributed by atoms with van der Waals surface area (Å²) in [7, 11) is 0. The van der Waals surface area contributed by atoms with Crippen molar-refractivity contribution in [3.8, 4) is 0 Å². The molecule has 0 bridgehead atoms. The molecule has 3 heteroatoms. The van der Waals surface area contributed by atoms with Gasteiger partial charge in [0.1, 0.15) is 0 Å². The highest BCUT2D eigenvalue weighted by Crippen LogP contribution is 2.21. The summed E-state index contributed by atoms with van der Waals surface area (Å²) in [4.78, 5) is 0. The standard InChI is InChI=1S/C14H22N2S/c1-9(2)8-15-14(17)16-13-11(4)6-10(3)7-12(13)5/h6-7,9H,8H2,1-5H3,(H2,15,16,17). The van der Waals surface area contributed by atoms with E-state index in [4.69, 9.17) is 12.2 Å². The van der Waals surface area contributed by atoms with Gasteiger partial charge in [0.2, 0.25) is 0 Å². The second kappa shape index (κ2) is 6.01. The summed E-state index contributed by atoms with van der Waals surface area (Å²) in [6.07, 6.45) is 0. The monoisotopic (exact) mass is 250 g/mol. The predicted molar refractivity (Wildman–Crippen MR) is 79.7 cm³/mol. The minimum absolute atomic E-state index is 0.593. The van der Waals surface area contributed by atoms with Crippen LogP contribution in [-0.4, -0.2) is 11.7 Å². The maximum Gasteiger partial charge on any atom is 0.170 e. The van der Waals surface area contributed by atoms with Gasteiger partial charge in [-0.1, -0.05) is 31.5 Å². The lowest BCUT2D eigenvalue weighted by atomic mass is 10.1. The molecule has 0 aliphatic carbocycles. The van der Waals surface area contributed by atoms with Crippen molar-refractivity contribution in [2.45, 2.75) is 34.6 Å². The van der Waals surface area contributed by atoms with Gasteiger partial charge in [0.15, 0.2) is 5.11 Å². The molecule has 0 saturated heterocycles. The van der Waals surface area contributed by atoms with Crippen LogP contribution in [0.1, 0.15) is 30.5 Å². The molecule has 0 spiro atoms. The SMILES string of the molecule is Cc1cc(C)c(NC(=S)NCC(C)C)c(C)c1. The third-order valence-electron chi connectivity index (χ3n) is 2.59. The zero-order valence-corrected chi connectivity index (χ0v) is 12.2. The molecule has 17 heavy (non-hydrogen) atoms. The van der Waals surface area contributed by atoms with Crippen molar-refractivity contribution in [1.29, 1.82) is 0 Å². The molecule has 1 rings (SSSR count). The molecule has 0 amide bonds. The Kier molecular flexibility index (Phi) is 4.94. The highest BCUT2D eigenvalue weighted by Gasteiger charge is 2.05. The molecular formula is C14H22N2S. The van der Waals surface area contributed by atoms with Crippen LogP contribution >= 0.6 is 12.2 Å². The molecule has 0 unspecified atom stereocenters. The van der Waals surface area contributed by atoms with E-state index in [0.717, 1.165) is 12.2 Å². The van der Waals surface area contributed by atoms with Crippen molar-refractivity contribution in [2.75, 3.05) is 11.9 Å². The number of hydrogen-bond acceptors (Lipinski definition) is 1.